The van der Waals surface area contributed by atoms with E-state index in [1.54, 1.807) is 17.4 Å². The Hall–Kier alpha value is -1.88. The number of nitrogens with one attached hydrogen (secondary N) is 2. The highest BCUT2D eigenvalue weighted by molar-refractivity contribution is 7.10. The normalized spacial score (nSPS) is 12.4. The van der Waals surface area contributed by atoms with Crippen molar-refractivity contribution in [1.29, 1.82) is 0 Å². The van der Waals surface area contributed by atoms with Crippen molar-refractivity contribution in [1.82, 2.24) is 10.3 Å². The molecule has 0 aliphatic heterocycles. The zero-order chi connectivity index (χ0) is 13.8. The van der Waals surface area contributed by atoms with Crippen molar-refractivity contribution in [3.05, 3.63) is 56.6 Å². The molecule has 2 rings (SSSR count). The molecule has 5 heteroatoms. The highest BCUT2D eigenvalue weighted by atomic mass is 32.1. The van der Waals surface area contributed by atoms with Gasteiger partial charge >= 0.3 is 0 Å². The molecular formula is C14H16N2O2S. The molecule has 2 heterocycles. The van der Waals surface area contributed by atoms with Gasteiger partial charge in [0.05, 0.1) is 6.04 Å². The number of amides is 1. The van der Waals surface area contributed by atoms with Crippen molar-refractivity contribution < 1.29 is 4.79 Å². The van der Waals surface area contributed by atoms with Crippen LogP contribution in [-0.2, 0) is 0 Å². The van der Waals surface area contributed by atoms with Gasteiger partial charge in [0.2, 0.25) is 5.56 Å². The summed E-state index contributed by atoms with van der Waals surface area (Å²) in [4.78, 5) is 27.0. The number of hydrogen-bond acceptors (Lipinski definition) is 3. The second kappa shape index (κ2) is 5.84. The third-order valence-electron chi connectivity index (χ3n) is 2.84. The highest BCUT2D eigenvalue weighted by Gasteiger charge is 2.19. The Morgan fingerprint density at radius 1 is 1.37 bits per heavy atom. The zero-order valence-corrected chi connectivity index (χ0v) is 11.7. The third kappa shape index (κ3) is 3.32. The number of aromatic amines is 1. The Labute approximate surface area is 115 Å². The summed E-state index contributed by atoms with van der Waals surface area (Å²) >= 11 is 1.62. The van der Waals surface area contributed by atoms with Gasteiger partial charge in [-0.05, 0) is 23.4 Å². The highest BCUT2D eigenvalue weighted by Crippen LogP contribution is 2.25. The Bertz CT molecular complexity index is 602. The van der Waals surface area contributed by atoms with Gasteiger partial charge in [-0.3, -0.25) is 9.59 Å². The summed E-state index contributed by atoms with van der Waals surface area (Å²) in [7, 11) is 0. The fourth-order valence-electron chi connectivity index (χ4n) is 1.84. The van der Waals surface area contributed by atoms with Gasteiger partial charge in [-0.25, -0.2) is 0 Å². The van der Waals surface area contributed by atoms with Gasteiger partial charge in [-0.2, -0.15) is 0 Å². The number of thiophene rings is 1. The van der Waals surface area contributed by atoms with Crippen LogP contribution in [0.3, 0.4) is 0 Å². The summed E-state index contributed by atoms with van der Waals surface area (Å²) in [6, 6.07) is 6.85. The van der Waals surface area contributed by atoms with Crippen molar-refractivity contribution in [3.63, 3.8) is 0 Å². The molecule has 0 spiro atoms. The number of carbonyl (C=O) groups is 1. The molecule has 4 nitrogen and oxygen atoms in total. The monoisotopic (exact) mass is 276 g/mol. The molecule has 2 aromatic heterocycles. The lowest BCUT2D eigenvalue weighted by molar-refractivity contribution is 0.0926. The molecule has 0 bridgehead atoms. The first kappa shape index (κ1) is 13.5. The van der Waals surface area contributed by atoms with Gasteiger partial charge < -0.3 is 10.3 Å². The maximum Gasteiger partial charge on any atom is 0.252 e. The minimum absolute atomic E-state index is 0.0354. The maximum atomic E-state index is 12.1. The SMILES string of the molecule is CC(C)C(NC(=O)c1cc[nH]c(=O)c1)c1cccs1. The van der Waals surface area contributed by atoms with Gasteiger partial charge in [0.25, 0.3) is 5.91 Å². The predicted octanol–water partition coefficient (Wildman–Crippen LogP) is 2.56. The number of aromatic nitrogens is 1. The summed E-state index contributed by atoms with van der Waals surface area (Å²) < 4.78 is 0. The Morgan fingerprint density at radius 3 is 2.74 bits per heavy atom. The van der Waals surface area contributed by atoms with Crippen molar-refractivity contribution in [2.45, 2.75) is 19.9 Å². The van der Waals surface area contributed by atoms with Crippen LogP contribution in [0.4, 0.5) is 0 Å². The minimum Gasteiger partial charge on any atom is -0.344 e. The molecule has 2 aromatic rings. The molecule has 100 valence electrons. The molecule has 1 amide bonds. The van der Waals surface area contributed by atoms with Crippen LogP contribution in [-0.4, -0.2) is 10.9 Å². The van der Waals surface area contributed by atoms with Crippen LogP contribution < -0.4 is 10.9 Å². The topological polar surface area (TPSA) is 62.0 Å². The lowest BCUT2D eigenvalue weighted by Gasteiger charge is -2.21. The molecule has 2 N–H and O–H groups in total. The van der Waals surface area contributed by atoms with Crippen molar-refractivity contribution in [2.75, 3.05) is 0 Å². The third-order valence-corrected chi connectivity index (χ3v) is 3.80. The lowest BCUT2D eigenvalue weighted by atomic mass is 10.0. The van der Waals surface area contributed by atoms with Crippen LogP contribution in [0.15, 0.2) is 40.6 Å². The second-order valence-electron chi connectivity index (χ2n) is 4.65. The van der Waals surface area contributed by atoms with Crippen molar-refractivity contribution in [2.24, 2.45) is 5.92 Å². The van der Waals surface area contributed by atoms with Gasteiger partial charge in [0.15, 0.2) is 0 Å². The maximum absolute atomic E-state index is 12.1. The van der Waals surface area contributed by atoms with Gasteiger partial charge in [0.1, 0.15) is 0 Å². The van der Waals surface area contributed by atoms with Gasteiger partial charge in [-0.1, -0.05) is 19.9 Å². The fourth-order valence-corrected chi connectivity index (χ4v) is 2.79. The Balaban J connectivity index is 2.18. The molecule has 19 heavy (non-hydrogen) atoms. The molecule has 0 aliphatic rings. The summed E-state index contributed by atoms with van der Waals surface area (Å²) in [5, 5.41) is 4.97. The van der Waals surface area contributed by atoms with E-state index in [9.17, 15) is 9.59 Å². The quantitative estimate of drug-likeness (QED) is 0.901. The average molecular weight is 276 g/mol. The summed E-state index contributed by atoms with van der Waals surface area (Å²) in [5.74, 6) is 0.0581. The van der Waals surface area contributed by atoms with Gasteiger partial charge in [0, 0.05) is 22.7 Å². The summed E-state index contributed by atoms with van der Waals surface area (Å²) in [5.41, 5.74) is 0.107. The predicted molar refractivity (Wildman–Crippen MR) is 76.4 cm³/mol. The van der Waals surface area contributed by atoms with Gasteiger partial charge in [-0.15, -0.1) is 11.3 Å². The van der Waals surface area contributed by atoms with Crippen molar-refractivity contribution >= 4 is 17.2 Å². The molecule has 0 aliphatic carbocycles. The minimum atomic E-state index is -0.273. The Kier molecular flexibility index (Phi) is 4.16. The molecule has 0 saturated carbocycles. The number of carbonyl (C=O) groups excluding carboxylic acids is 1. The van der Waals surface area contributed by atoms with E-state index in [0.717, 1.165) is 4.88 Å². The molecule has 1 atom stereocenters. The van der Waals surface area contributed by atoms with E-state index in [2.05, 4.69) is 24.1 Å². The van der Waals surface area contributed by atoms with Crippen LogP contribution in [0.5, 0.6) is 0 Å². The first-order valence-corrected chi connectivity index (χ1v) is 6.99. The molecule has 0 aromatic carbocycles. The van der Waals surface area contributed by atoms with Crippen molar-refractivity contribution in [3.8, 4) is 0 Å². The van der Waals surface area contributed by atoms with E-state index in [-0.39, 0.29) is 23.4 Å². The first-order chi connectivity index (χ1) is 9.08. The van der Waals surface area contributed by atoms with Crippen LogP contribution in [0.25, 0.3) is 0 Å². The molecular weight excluding hydrogens is 260 g/mol. The molecule has 0 saturated heterocycles. The van der Waals surface area contributed by atoms with E-state index < -0.39 is 0 Å². The van der Waals surface area contributed by atoms with Crippen LogP contribution in [0.2, 0.25) is 0 Å². The smallest absolute Gasteiger partial charge is 0.252 e. The van der Waals surface area contributed by atoms with E-state index in [4.69, 9.17) is 0 Å². The number of pyridine rings is 1. The van der Waals surface area contributed by atoms with E-state index in [1.165, 1.54) is 12.3 Å². The second-order valence-corrected chi connectivity index (χ2v) is 5.63. The van der Waals surface area contributed by atoms with Crippen LogP contribution >= 0.6 is 11.3 Å². The van der Waals surface area contributed by atoms with Crippen LogP contribution in [0.1, 0.15) is 35.1 Å². The average Bonchev–Trinajstić information content (AvgIpc) is 2.88. The lowest BCUT2D eigenvalue weighted by Crippen LogP contribution is -2.31. The first-order valence-electron chi connectivity index (χ1n) is 6.11. The molecule has 0 radical (unpaired) electrons. The Morgan fingerprint density at radius 2 is 2.16 bits per heavy atom. The number of rotatable bonds is 4. The van der Waals surface area contributed by atoms with Crippen LogP contribution in [0, 0.1) is 5.92 Å². The fraction of sp³-hybridized carbons (Fsp3) is 0.286. The van der Waals surface area contributed by atoms with E-state index in [0.29, 0.717) is 5.56 Å². The largest absolute Gasteiger partial charge is 0.344 e. The van der Waals surface area contributed by atoms with E-state index >= 15 is 0 Å². The summed E-state index contributed by atoms with van der Waals surface area (Å²) in [6.07, 6.45) is 1.48. The molecule has 1 unspecified atom stereocenters. The standard InChI is InChI=1S/C14H16N2O2S/c1-9(2)13(11-4-3-7-19-11)16-14(18)10-5-6-15-12(17)8-10/h3-9,13H,1-2H3,(H,15,17)(H,16,18). The van der Waals surface area contributed by atoms with E-state index in [1.807, 2.05) is 17.5 Å². The number of hydrogen-bond donors (Lipinski definition) is 2. The summed E-state index contributed by atoms with van der Waals surface area (Å²) in [6.45, 7) is 4.12. The number of H-pyrrole nitrogens is 1. The zero-order valence-electron chi connectivity index (χ0n) is 10.8. The molecule has 0 fully saturated rings.